The number of nitrogens with zero attached hydrogens (tertiary/aromatic N) is 3. The molecular weight excluding hydrogens is 450 g/mol. The van der Waals surface area contributed by atoms with Gasteiger partial charge in [0.2, 0.25) is 11.8 Å². The van der Waals surface area contributed by atoms with Gasteiger partial charge in [-0.3, -0.25) is 9.59 Å². The number of likely N-dealkylation sites (tertiary alicyclic amines) is 3. The van der Waals surface area contributed by atoms with E-state index in [2.05, 4.69) is 0 Å². The Morgan fingerprint density at radius 3 is 1.63 bits per heavy atom. The Morgan fingerprint density at radius 2 is 1.23 bits per heavy atom. The fraction of sp³-hybridized carbons (Fsp3) is 0.885. The molecule has 0 atom stereocenters. The molecule has 0 unspecified atom stereocenters. The highest BCUT2D eigenvalue weighted by Gasteiger charge is 2.41. The normalized spacial score (nSPS) is 22.3. The Labute approximate surface area is 210 Å². The van der Waals surface area contributed by atoms with E-state index in [4.69, 9.17) is 14.2 Å². The molecule has 0 radical (unpaired) electrons. The van der Waals surface area contributed by atoms with Crippen molar-refractivity contribution >= 4 is 17.9 Å². The Bertz CT molecular complexity index is 698. The zero-order valence-corrected chi connectivity index (χ0v) is 22.3. The van der Waals surface area contributed by atoms with Crippen LogP contribution in [0.2, 0.25) is 0 Å². The first kappa shape index (κ1) is 27.7. The molecule has 3 rings (SSSR count). The van der Waals surface area contributed by atoms with Gasteiger partial charge in [-0.05, 0) is 59.3 Å². The van der Waals surface area contributed by atoms with Gasteiger partial charge in [-0.2, -0.15) is 0 Å². The Kier molecular flexibility index (Phi) is 9.43. The fourth-order valence-electron chi connectivity index (χ4n) is 5.23. The molecule has 3 fully saturated rings. The monoisotopic (exact) mass is 495 g/mol. The van der Waals surface area contributed by atoms with Crippen molar-refractivity contribution in [3.8, 4) is 0 Å². The van der Waals surface area contributed by atoms with E-state index in [-0.39, 0.29) is 35.5 Å². The molecule has 9 heteroatoms. The van der Waals surface area contributed by atoms with Crippen molar-refractivity contribution < 1.29 is 28.6 Å². The van der Waals surface area contributed by atoms with Crippen molar-refractivity contribution in [2.75, 3.05) is 52.5 Å². The summed E-state index contributed by atoms with van der Waals surface area (Å²) in [6.07, 6.45) is 5.04. The summed E-state index contributed by atoms with van der Waals surface area (Å²) in [5.74, 6) is 0.230. The molecule has 0 spiro atoms. The quantitative estimate of drug-likeness (QED) is 0.563. The Hall–Kier alpha value is -1.87. The van der Waals surface area contributed by atoms with Gasteiger partial charge in [0.05, 0.1) is 25.4 Å². The van der Waals surface area contributed by atoms with Crippen LogP contribution in [-0.2, 0) is 23.8 Å². The van der Waals surface area contributed by atoms with E-state index in [1.165, 1.54) is 0 Å². The summed E-state index contributed by atoms with van der Waals surface area (Å²) < 4.78 is 18.5. The van der Waals surface area contributed by atoms with Crippen LogP contribution in [0.25, 0.3) is 0 Å². The smallest absolute Gasteiger partial charge is 0.410 e. The van der Waals surface area contributed by atoms with Gasteiger partial charge in [-0.25, -0.2) is 4.79 Å². The number of amides is 3. The number of piperidine rings is 3. The minimum Gasteiger partial charge on any atom is -0.444 e. The number of carbonyl (C=O) groups excluding carboxylic acids is 3. The standard InChI is InChI=1S/C26H45N3O6/c1-20(30)27-13-7-22(8-14-27)33-18-26(19-34-23-9-15-28(16-10-23)21(2)31)11-6-12-29(17-26)24(32)35-25(3,4)5/h22-23H,6-19H2,1-5H3. The number of ether oxygens (including phenoxy) is 3. The first-order valence-electron chi connectivity index (χ1n) is 13.2. The van der Waals surface area contributed by atoms with E-state index in [9.17, 15) is 14.4 Å². The zero-order chi connectivity index (χ0) is 25.6. The summed E-state index contributed by atoms with van der Waals surface area (Å²) in [4.78, 5) is 41.7. The predicted octanol–water partition coefficient (Wildman–Crippen LogP) is 3.06. The lowest BCUT2D eigenvalue weighted by Crippen LogP contribution is -2.53. The van der Waals surface area contributed by atoms with Crippen LogP contribution < -0.4 is 0 Å². The second kappa shape index (κ2) is 11.9. The summed E-state index contributed by atoms with van der Waals surface area (Å²) in [7, 11) is 0. The van der Waals surface area contributed by atoms with Crippen molar-refractivity contribution in [1.29, 1.82) is 0 Å². The molecule has 3 aliphatic heterocycles. The van der Waals surface area contributed by atoms with E-state index in [1.807, 2.05) is 30.6 Å². The maximum Gasteiger partial charge on any atom is 0.410 e. The number of hydrogen-bond acceptors (Lipinski definition) is 6. The highest BCUT2D eigenvalue weighted by atomic mass is 16.6. The molecule has 35 heavy (non-hydrogen) atoms. The fourth-order valence-corrected chi connectivity index (χ4v) is 5.23. The van der Waals surface area contributed by atoms with Crippen LogP contribution in [0.4, 0.5) is 4.79 Å². The summed E-state index contributed by atoms with van der Waals surface area (Å²) in [6, 6.07) is 0. The topological polar surface area (TPSA) is 88.6 Å². The highest BCUT2D eigenvalue weighted by molar-refractivity contribution is 5.73. The van der Waals surface area contributed by atoms with E-state index in [1.54, 1.807) is 18.7 Å². The summed E-state index contributed by atoms with van der Waals surface area (Å²) >= 11 is 0. The summed E-state index contributed by atoms with van der Waals surface area (Å²) in [5.41, 5.74) is -0.843. The molecule has 0 aromatic rings. The van der Waals surface area contributed by atoms with Crippen molar-refractivity contribution in [2.24, 2.45) is 5.41 Å². The van der Waals surface area contributed by atoms with Crippen molar-refractivity contribution in [3.63, 3.8) is 0 Å². The van der Waals surface area contributed by atoms with Gasteiger partial charge in [0.1, 0.15) is 5.60 Å². The molecule has 0 N–H and O–H groups in total. The lowest BCUT2D eigenvalue weighted by molar-refractivity contribution is -0.135. The number of hydrogen-bond donors (Lipinski definition) is 0. The van der Waals surface area contributed by atoms with Crippen LogP contribution in [0.3, 0.4) is 0 Å². The maximum absolute atomic E-state index is 12.9. The van der Waals surface area contributed by atoms with Gasteiger partial charge < -0.3 is 28.9 Å². The molecule has 200 valence electrons. The van der Waals surface area contributed by atoms with Gasteiger partial charge in [-0.1, -0.05) is 0 Å². The van der Waals surface area contributed by atoms with Gasteiger partial charge in [0.25, 0.3) is 0 Å². The lowest BCUT2D eigenvalue weighted by atomic mass is 9.81. The maximum atomic E-state index is 12.9. The molecule has 0 aliphatic carbocycles. The molecule has 3 aliphatic rings. The van der Waals surface area contributed by atoms with E-state index < -0.39 is 5.60 Å². The Balaban J connectivity index is 1.61. The highest BCUT2D eigenvalue weighted by Crippen LogP contribution is 2.34. The van der Waals surface area contributed by atoms with Crippen molar-refractivity contribution in [3.05, 3.63) is 0 Å². The average Bonchev–Trinajstić information content (AvgIpc) is 2.81. The second-order valence-electron chi connectivity index (χ2n) is 11.5. The van der Waals surface area contributed by atoms with Gasteiger partial charge in [0.15, 0.2) is 0 Å². The number of rotatable bonds is 6. The predicted molar refractivity (Wildman–Crippen MR) is 132 cm³/mol. The summed E-state index contributed by atoms with van der Waals surface area (Å²) in [5, 5.41) is 0. The molecule has 3 saturated heterocycles. The third kappa shape index (κ3) is 8.34. The largest absolute Gasteiger partial charge is 0.444 e. The zero-order valence-electron chi connectivity index (χ0n) is 22.3. The van der Waals surface area contributed by atoms with Crippen molar-refractivity contribution in [1.82, 2.24) is 14.7 Å². The molecule has 9 nitrogen and oxygen atoms in total. The van der Waals surface area contributed by atoms with Crippen LogP contribution >= 0.6 is 0 Å². The van der Waals surface area contributed by atoms with Gasteiger partial charge in [-0.15, -0.1) is 0 Å². The molecule has 0 saturated carbocycles. The Morgan fingerprint density at radius 1 is 0.771 bits per heavy atom. The van der Waals surface area contributed by atoms with E-state index >= 15 is 0 Å². The van der Waals surface area contributed by atoms with Crippen LogP contribution in [0.15, 0.2) is 0 Å². The second-order valence-corrected chi connectivity index (χ2v) is 11.5. The third-order valence-corrected chi connectivity index (χ3v) is 7.34. The summed E-state index contributed by atoms with van der Waals surface area (Å²) in [6.45, 7) is 14.0. The molecule has 0 aromatic heterocycles. The van der Waals surface area contributed by atoms with Crippen LogP contribution in [0, 0.1) is 5.41 Å². The molecular formula is C26H45N3O6. The molecule has 0 bridgehead atoms. The van der Waals surface area contributed by atoms with Gasteiger partial charge >= 0.3 is 6.09 Å². The van der Waals surface area contributed by atoms with E-state index in [0.29, 0.717) is 26.3 Å². The third-order valence-electron chi connectivity index (χ3n) is 7.34. The average molecular weight is 496 g/mol. The van der Waals surface area contributed by atoms with Crippen molar-refractivity contribution in [2.45, 2.75) is 91.0 Å². The minimum absolute atomic E-state index is 0.109. The van der Waals surface area contributed by atoms with Crippen LogP contribution in [0.5, 0.6) is 0 Å². The molecule has 0 aromatic carbocycles. The first-order chi connectivity index (χ1) is 16.5. The van der Waals surface area contributed by atoms with Crippen LogP contribution in [-0.4, -0.2) is 103 Å². The first-order valence-corrected chi connectivity index (χ1v) is 13.2. The minimum atomic E-state index is -0.542. The van der Waals surface area contributed by atoms with Crippen LogP contribution in [0.1, 0.15) is 73.1 Å². The van der Waals surface area contributed by atoms with Gasteiger partial charge in [0, 0.05) is 58.5 Å². The molecule has 3 amide bonds. The SMILES string of the molecule is CC(=O)N1CCC(OCC2(COC3CCN(C(C)=O)CC3)CCCN(C(=O)OC(C)(C)C)C2)CC1. The van der Waals surface area contributed by atoms with E-state index in [0.717, 1.165) is 64.7 Å². The molecule has 3 heterocycles. The lowest BCUT2D eigenvalue weighted by Gasteiger charge is -2.44. The number of carbonyl (C=O) groups is 3.